The summed E-state index contributed by atoms with van der Waals surface area (Å²) in [4.78, 5) is 15.3. The van der Waals surface area contributed by atoms with Gasteiger partial charge in [0.15, 0.2) is 0 Å². The van der Waals surface area contributed by atoms with E-state index >= 15 is 0 Å². The third kappa shape index (κ3) is 2.24. The molecule has 5 heteroatoms. The van der Waals surface area contributed by atoms with Crippen molar-refractivity contribution < 1.29 is 0 Å². The molecule has 0 aliphatic rings. The van der Waals surface area contributed by atoms with Crippen molar-refractivity contribution in [3.05, 3.63) is 35.3 Å². The second-order valence-electron chi connectivity index (χ2n) is 3.06. The molecule has 0 spiro atoms. The smallest absolute Gasteiger partial charge is 0.130 e. The monoisotopic (exact) mass is 218 g/mol. The maximum atomic E-state index is 5.08. The van der Waals surface area contributed by atoms with Crippen LogP contribution in [0.1, 0.15) is 12.7 Å². The third-order valence-electron chi connectivity index (χ3n) is 2.00. The van der Waals surface area contributed by atoms with Crippen LogP contribution in [0.2, 0.25) is 0 Å². The summed E-state index contributed by atoms with van der Waals surface area (Å²) in [6.45, 7) is 2.03. The number of nitrogens with one attached hydrogen (secondary N) is 1. The fraction of sp³-hybridized carbons (Fsp3) is 0.200. The van der Waals surface area contributed by atoms with Gasteiger partial charge in [-0.2, -0.15) is 0 Å². The van der Waals surface area contributed by atoms with Gasteiger partial charge in [0.1, 0.15) is 16.8 Å². The summed E-state index contributed by atoms with van der Waals surface area (Å²) in [6.07, 6.45) is 5.81. The quantitative estimate of drug-likeness (QED) is 0.785. The van der Waals surface area contributed by atoms with E-state index in [1.54, 1.807) is 12.4 Å². The van der Waals surface area contributed by atoms with E-state index in [0.29, 0.717) is 4.64 Å². The number of nitrogens with zero attached hydrogens (tertiary/aromatic N) is 3. The average molecular weight is 218 g/mol. The van der Waals surface area contributed by atoms with Crippen LogP contribution in [-0.2, 0) is 6.42 Å². The van der Waals surface area contributed by atoms with Crippen LogP contribution < -0.4 is 0 Å². The number of aromatic amines is 1. The second-order valence-corrected chi connectivity index (χ2v) is 3.48. The SMILES string of the molecule is CCc1nc(=S)cc(-c2cncnc2)[nH]1. The summed E-state index contributed by atoms with van der Waals surface area (Å²) in [5, 5.41) is 0. The molecule has 0 radical (unpaired) electrons. The lowest BCUT2D eigenvalue weighted by molar-refractivity contribution is 0.935. The molecule has 0 unspecified atom stereocenters. The highest BCUT2D eigenvalue weighted by molar-refractivity contribution is 7.71. The number of hydrogen-bond acceptors (Lipinski definition) is 4. The van der Waals surface area contributed by atoms with Crippen LogP contribution in [0.4, 0.5) is 0 Å². The second kappa shape index (κ2) is 4.27. The first kappa shape index (κ1) is 9.92. The van der Waals surface area contributed by atoms with E-state index in [1.807, 2.05) is 13.0 Å². The van der Waals surface area contributed by atoms with Crippen LogP contribution in [-0.4, -0.2) is 19.9 Å². The highest BCUT2D eigenvalue weighted by Crippen LogP contribution is 2.14. The van der Waals surface area contributed by atoms with Crippen molar-refractivity contribution >= 4 is 12.2 Å². The van der Waals surface area contributed by atoms with Crippen LogP contribution in [0.5, 0.6) is 0 Å². The van der Waals surface area contributed by atoms with Crippen LogP contribution >= 0.6 is 12.2 Å². The third-order valence-corrected chi connectivity index (χ3v) is 2.21. The molecule has 0 atom stereocenters. The van der Waals surface area contributed by atoms with E-state index in [1.165, 1.54) is 6.33 Å². The Balaban J connectivity index is 2.54. The predicted octanol–water partition coefficient (Wildman–Crippen LogP) is 2.16. The Morgan fingerprint density at radius 1 is 1.33 bits per heavy atom. The molecule has 0 fully saturated rings. The number of H-pyrrole nitrogens is 1. The van der Waals surface area contributed by atoms with Gasteiger partial charge in [-0.3, -0.25) is 0 Å². The molecule has 2 aromatic rings. The molecule has 0 amide bonds. The zero-order valence-corrected chi connectivity index (χ0v) is 9.08. The first-order valence-electron chi connectivity index (χ1n) is 4.65. The van der Waals surface area contributed by atoms with Crippen molar-refractivity contribution in [3.8, 4) is 11.3 Å². The predicted molar refractivity (Wildman–Crippen MR) is 59.8 cm³/mol. The summed E-state index contributed by atoms with van der Waals surface area (Å²) in [5.41, 5.74) is 1.83. The van der Waals surface area contributed by atoms with Crippen LogP contribution in [0.15, 0.2) is 24.8 Å². The molecule has 76 valence electrons. The Morgan fingerprint density at radius 2 is 2.07 bits per heavy atom. The zero-order chi connectivity index (χ0) is 10.7. The molecule has 2 rings (SSSR count). The standard InChI is InChI=1S/C10H10N4S/c1-2-9-13-8(3-10(15)14-9)7-4-11-6-12-5-7/h3-6H,2H2,1H3,(H,13,14,15). The Bertz CT molecular complexity index is 506. The molecule has 0 aliphatic heterocycles. The molecule has 15 heavy (non-hydrogen) atoms. The summed E-state index contributed by atoms with van der Waals surface area (Å²) in [5.74, 6) is 0.876. The van der Waals surface area contributed by atoms with Crippen molar-refractivity contribution in [2.45, 2.75) is 13.3 Å². The zero-order valence-electron chi connectivity index (χ0n) is 8.27. The Kier molecular flexibility index (Phi) is 2.82. The van der Waals surface area contributed by atoms with E-state index in [0.717, 1.165) is 23.5 Å². The van der Waals surface area contributed by atoms with Crippen molar-refractivity contribution in [2.75, 3.05) is 0 Å². The normalized spacial score (nSPS) is 10.2. The van der Waals surface area contributed by atoms with Crippen molar-refractivity contribution in [1.82, 2.24) is 19.9 Å². The largest absolute Gasteiger partial charge is 0.343 e. The van der Waals surface area contributed by atoms with E-state index in [2.05, 4.69) is 19.9 Å². The maximum Gasteiger partial charge on any atom is 0.130 e. The summed E-state index contributed by atoms with van der Waals surface area (Å²) in [7, 11) is 0. The average Bonchev–Trinajstić information content (AvgIpc) is 2.29. The number of aryl methyl sites for hydroxylation is 1. The molecule has 0 bridgehead atoms. The van der Waals surface area contributed by atoms with Gasteiger partial charge in [-0.15, -0.1) is 0 Å². The topological polar surface area (TPSA) is 54.5 Å². The van der Waals surface area contributed by atoms with E-state index in [4.69, 9.17) is 12.2 Å². The molecule has 1 N–H and O–H groups in total. The molecule has 2 heterocycles. The molecule has 4 nitrogen and oxygen atoms in total. The van der Waals surface area contributed by atoms with Gasteiger partial charge in [-0.1, -0.05) is 19.1 Å². The molecular weight excluding hydrogens is 208 g/mol. The first-order valence-corrected chi connectivity index (χ1v) is 5.06. The van der Waals surface area contributed by atoms with Gasteiger partial charge in [0.25, 0.3) is 0 Å². The fourth-order valence-electron chi connectivity index (χ4n) is 1.27. The summed E-state index contributed by atoms with van der Waals surface area (Å²) < 4.78 is 0.587. The number of hydrogen-bond donors (Lipinski definition) is 1. The number of aromatic nitrogens is 4. The Hall–Kier alpha value is -1.62. The van der Waals surface area contributed by atoms with Gasteiger partial charge in [-0.25, -0.2) is 15.0 Å². The lowest BCUT2D eigenvalue weighted by Gasteiger charge is -2.03. The van der Waals surface area contributed by atoms with Crippen LogP contribution in [0, 0.1) is 4.64 Å². The van der Waals surface area contributed by atoms with E-state index in [-0.39, 0.29) is 0 Å². The Morgan fingerprint density at radius 3 is 2.73 bits per heavy atom. The van der Waals surface area contributed by atoms with Gasteiger partial charge in [0.2, 0.25) is 0 Å². The lowest BCUT2D eigenvalue weighted by Crippen LogP contribution is -1.95. The van der Waals surface area contributed by atoms with Crippen molar-refractivity contribution in [2.24, 2.45) is 0 Å². The lowest BCUT2D eigenvalue weighted by atomic mass is 10.2. The molecule has 2 aromatic heterocycles. The molecular formula is C10H10N4S. The molecule has 0 aliphatic carbocycles. The van der Waals surface area contributed by atoms with Gasteiger partial charge in [0.05, 0.1) is 5.69 Å². The van der Waals surface area contributed by atoms with Gasteiger partial charge < -0.3 is 4.98 Å². The minimum absolute atomic E-state index is 0.587. The van der Waals surface area contributed by atoms with Gasteiger partial charge in [-0.05, 0) is 6.07 Å². The molecule has 0 saturated heterocycles. The summed E-state index contributed by atoms with van der Waals surface area (Å²) in [6, 6.07) is 1.81. The highest BCUT2D eigenvalue weighted by atomic mass is 32.1. The molecule has 0 aromatic carbocycles. The van der Waals surface area contributed by atoms with Gasteiger partial charge in [0, 0.05) is 24.4 Å². The van der Waals surface area contributed by atoms with Crippen LogP contribution in [0.3, 0.4) is 0 Å². The Labute approximate surface area is 92.5 Å². The van der Waals surface area contributed by atoms with E-state index < -0.39 is 0 Å². The van der Waals surface area contributed by atoms with Gasteiger partial charge >= 0.3 is 0 Å². The van der Waals surface area contributed by atoms with Crippen LogP contribution in [0.25, 0.3) is 11.3 Å². The molecule has 0 saturated carbocycles. The minimum Gasteiger partial charge on any atom is -0.343 e. The van der Waals surface area contributed by atoms with E-state index in [9.17, 15) is 0 Å². The minimum atomic E-state index is 0.587. The fourth-order valence-corrected chi connectivity index (χ4v) is 1.50. The highest BCUT2D eigenvalue weighted by Gasteiger charge is 2.00. The van der Waals surface area contributed by atoms with Crippen molar-refractivity contribution in [1.29, 1.82) is 0 Å². The number of rotatable bonds is 2. The summed E-state index contributed by atoms with van der Waals surface area (Å²) >= 11 is 5.08. The maximum absolute atomic E-state index is 5.08. The first-order chi connectivity index (χ1) is 7.29. The van der Waals surface area contributed by atoms with Crippen molar-refractivity contribution in [3.63, 3.8) is 0 Å².